The van der Waals surface area contributed by atoms with Crippen LogP contribution in [-0.2, 0) is 0 Å². The Morgan fingerprint density at radius 1 is 0.545 bits per heavy atom. The standard InChI is InChI=1S/C25H30N6O13/c32-11-20(35)9-28-24(39)15-1-13(3-17(5-15)30(41)42)22(37)26-7-19(34)8-27-23(38)14-2-16(6-18(4-14)31(43)44)25(40)29-10-21(36)12-33/h1-6,19-21,32-36H,7-12H2,(H,26,37)(H,27,38)(H,28,39)(H,29,40). The van der Waals surface area contributed by atoms with E-state index in [0.717, 1.165) is 36.4 Å². The molecule has 0 spiro atoms. The molecule has 0 fully saturated rings. The van der Waals surface area contributed by atoms with Gasteiger partial charge in [0, 0.05) is 72.7 Å². The van der Waals surface area contributed by atoms with Crippen molar-refractivity contribution in [3.8, 4) is 0 Å². The molecular formula is C25H30N6O13. The zero-order valence-electron chi connectivity index (χ0n) is 22.8. The fraction of sp³-hybridized carbons (Fsp3) is 0.360. The number of carbonyl (C=O) groups is 4. The van der Waals surface area contributed by atoms with Crippen LogP contribution in [0.1, 0.15) is 41.4 Å². The van der Waals surface area contributed by atoms with Crippen LogP contribution < -0.4 is 21.3 Å². The van der Waals surface area contributed by atoms with Crippen LogP contribution in [0.5, 0.6) is 0 Å². The third-order valence-electron chi connectivity index (χ3n) is 5.72. The molecule has 238 valence electrons. The molecule has 0 heterocycles. The van der Waals surface area contributed by atoms with Crippen LogP contribution in [0.4, 0.5) is 11.4 Å². The van der Waals surface area contributed by atoms with Crippen LogP contribution in [-0.4, -0.2) is 117 Å². The summed E-state index contributed by atoms with van der Waals surface area (Å²) in [6.45, 7) is -2.99. The molecule has 0 aromatic heterocycles. The summed E-state index contributed by atoms with van der Waals surface area (Å²) < 4.78 is 0. The average Bonchev–Trinajstić information content (AvgIpc) is 3.02. The number of nitrogens with one attached hydrogen (secondary N) is 4. The van der Waals surface area contributed by atoms with Crippen LogP contribution in [0.3, 0.4) is 0 Å². The first-order chi connectivity index (χ1) is 20.7. The van der Waals surface area contributed by atoms with Gasteiger partial charge in [-0.25, -0.2) is 0 Å². The maximum absolute atomic E-state index is 12.6. The first-order valence-electron chi connectivity index (χ1n) is 12.7. The van der Waals surface area contributed by atoms with Crippen LogP contribution in [0, 0.1) is 20.2 Å². The van der Waals surface area contributed by atoms with Gasteiger partial charge in [-0.15, -0.1) is 0 Å². The van der Waals surface area contributed by atoms with Crippen molar-refractivity contribution in [2.45, 2.75) is 18.3 Å². The molecular weight excluding hydrogens is 592 g/mol. The summed E-state index contributed by atoms with van der Waals surface area (Å²) in [5.41, 5.74) is -2.44. The Balaban J connectivity index is 2.05. The van der Waals surface area contributed by atoms with Gasteiger partial charge in [0.2, 0.25) is 0 Å². The van der Waals surface area contributed by atoms with Crippen molar-refractivity contribution in [2.24, 2.45) is 0 Å². The second kappa shape index (κ2) is 16.5. The van der Waals surface area contributed by atoms with Crippen LogP contribution in [0.15, 0.2) is 36.4 Å². The third kappa shape index (κ3) is 10.6. The zero-order chi connectivity index (χ0) is 33.0. The van der Waals surface area contributed by atoms with Crippen LogP contribution in [0.25, 0.3) is 0 Å². The van der Waals surface area contributed by atoms with Gasteiger partial charge in [0.1, 0.15) is 0 Å². The summed E-state index contributed by atoms with van der Waals surface area (Å²) in [4.78, 5) is 70.8. The van der Waals surface area contributed by atoms with Gasteiger partial charge >= 0.3 is 0 Å². The van der Waals surface area contributed by atoms with E-state index in [1.165, 1.54) is 0 Å². The number of carbonyl (C=O) groups excluding carboxylic acids is 4. The maximum Gasteiger partial charge on any atom is 0.271 e. The minimum atomic E-state index is -1.43. The molecule has 4 amide bonds. The van der Waals surface area contributed by atoms with E-state index in [0.29, 0.717) is 0 Å². The number of nitro groups is 2. The van der Waals surface area contributed by atoms with Gasteiger partial charge in [-0.2, -0.15) is 0 Å². The third-order valence-corrected chi connectivity index (χ3v) is 5.72. The highest BCUT2D eigenvalue weighted by molar-refractivity contribution is 6.01. The minimum absolute atomic E-state index is 0.295. The van der Waals surface area contributed by atoms with Gasteiger partial charge in [0.15, 0.2) is 0 Å². The van der Waals surface area contributed by atoms with E-state index in [2.05, 4.69) is 21.3 Å². The molecule has 0 saturated carbocycles. The summed E-state index contributed by atoms with van der Waals surface area (Å²) in [5, 5.41) is 78.3. The van der Waals surface area contributed by atoms with E-state index < -0.39 is 89.5 Å². The van der Waals surface area contributed by atoms with Crippen molar-refractivity contribution in [2.75, 3.05) is 39.4 Å². The second-order valence-corrected chi connectivity index (χ2v) is 9.22. The highest BCUT2D eigenvalue weighted by Crippen LogP contribution is 2.19. The molecule has 0 aliphatic rings. The lowest BCUT2D eigenvalue weighted by molar-refractivity contribution is -0.385. The Hall–Kier alpha value is -5.08. The summed E-state index contributed by atoms with van der Waals surface area (Å²) >= 11 is 0. The monoisotopic (exact) mass is 622 g/mol. The van der Waals surface area contributed by atoms with Crippen LogP contribution in [0.2, 0.25) is 0 Å². The van der Waals surface area contributed by atoms with Crippen LogP contribution >= 0.6 is 0 Å². The molecule has 44 heavy (non-hydrogen) atoms. The topological polar surface area (TPSA) is 304 Å². The van der Waals surface area contributed by atoms with Crippen molar-refractivity contribution in [1.82, 2.24) is 21.3 Å². The smallest absolute Gasteiger partial charge is 0.271 e. The number of aliphatic hydroxyl groups excluding tert-OH is 5. The highest BCUT2D eigenvalue weighted by atomic mass is 16.6. The lowest BCUT2D eigenvalue weighted by Crippen LogP contribution is -2.40. The van der Waals surface area contributed by atoms with E-state index in [9.17, 15) is 54.7 Å². The SMILES string of the molecule is O=C(NCC(O)CO)c1cc(C(=O)NCC(O)CNC(=O)c2cc(C(=O)NCC(O)CO)cc([N+](=O)[O-])c2)cc([N+](=O)[O-])c1. The second-order valence-electron chi connectivity index (χ2n) is 9.22. The molecule has 0 radical (unpaired) electrons. The summed E-state index contributed by atoms with van der Waals surface area (Å²) in [7, 11) is 0. The summed E-state index contributed by atoms with van der Waals surface area (Å²) in [5.74, 6) is -3.60. The van der Waals surface area contributed by atoms with E-state index in [1.807, 2.05) is 0 Å². The number of amides is 4. The first-order valence-corrected chi connectivity index (χ1v) is 12.7. The Morgan fingerprint density at radius 2 is 0.795 bits per heavy atom. The molecule has 0 bridgehead atoms. The predicted molar refractivity (Wildman–Crippen MR) is 148 cm³/mol. The van der Waals surface area contributed by atoms with Gasteiger partial charge in [0.05, 0.1) is 41.4 Å². The highest BCUT2D eigenvalue weighted by Gasteiger charge is 2.21. The molecule has 19 heteroatoms. The van der Waals surface area contributed by atoms with E-state index in [-0.39, 0.29) is 35.3 Å². The average molecular weight is 623 g/mol. The molecule has 0 saturated heterocycles. The number of nitrogens with zero attached hydrogens (tertiary/aromatic N) is 2. The normalized spacial score (nSPS) is 12.8. The lowest BCUT2D eigenvalue weighted by atomic mass is 10.1. The van der Waals surface area contributed by atoms with Gasteiger partial charge in [-0.3, -0.25) is 39.4 Å². The Kier molecular flexibility index (Phi) is 13.2. The molecule has 0 aliphatic heterocycles. The van der Waals surface area contributed by atoms with Crippen molar-refractivity contribution in [1.29, 1.82) is 0 Å². The number of rotatable bonds is 16. The molecule has 2 unspecified atom stereocenters. The predicted octanol–water partition coefficient (Wildman–Crippen LogP) is -2.81. The fourth-order valence-corrected chi connectivity index (χ4v) is 3.41. The summed E-state index contributed by atoms with van der Waals surface area (Å²) in [6, 6.07) is 5.59. The fourth-order valence-electron chi connectivity index (χ4n) is 3.41. The van der Waals surface area contributed by atoms with E-state index in [1.54, 1.807) is 0 Å². The lowest BCUT2D eigenvalue weighted by Gasteiger charge is -2.14. The number of benzene rings is 2. The van der Waals surface area contributed by atoms with Crippen molar-refractivity contribution in [3.05, 3.63) is 78.9 Å². The van der Waals surface area contributed by atoms with Gasteiger partial charge < -0.3 is 46.8 Å². The zero-order valence-corrected chi connectivity index (χ0v) is 22.8. The first kappa shape index (κ1) is 35.1. The maximum atomic E-state index is 12.6. The van der Waals surface area contributed by atoms with Gasteiger partial charge in [-0.05, 0) is 12.1 Å². The quantitative estimate of drug-likeness (QED) is 0.0675. The van der Waals surface area contributed by atoms with Crippen molar-refractivity contribution >= 4 is 35.0 Å². The molecule has 9 N–H and O–H groups in total. The minimum Gasteiger partial charge on any atom is -0.394 e. The van der Waals surface area contributed by atoms with Crippen molar-refractivity contribution in [3.63, 3.8) is 0 Å². The van der Waals surface area contributed by atoms with Crippen molar-refractivity contribution < 1.29 is 54.6 Å². The Morgan fingerprint density at radius 3 is 1.02 bits per heavy atom. The molecule has 0 aliphatic carbocycles. The van der Waals surface area contributed by atoms with Gasteiger partial charge in [-0.1, -0.05) is 0 Å². The Labute approximate surface area is 247 Å². The molecule has 2 rings (SSSR count). The summed E-state index contributed by atoms with van der Waals surface area (Å²) in [6.07, 6.45) is -3.98. The number of nitro benzene ring substituents is 2. The number of aliphatic hydroxyl groups is 5. The number of hydrogen-bond donors (Lipinski definition) is 9. The Bertz CT molecular complexity index is 1300. The largest absolute Gasteiger partial charge is 0.394 e. The molecule has 19 nitrogen and oxygen atoms in total. The van der Waals surface area contributed by atoms with Gasteiger partial charge in [0.25, 0.3) is 35.0 Å². The number of non-ortho nitro benzene ring substituents is 2. The number of hydrogen-bond acceptors (Lipinski definition) is 13. The van der Waals surface area contributed by atoms with E-state index in [4.69, 9.17) is 10.2 Å². The molecule has 2 aromatic rings. The van der Waals surface area contributed by atoms with E-state index >= 15 is 0 Å². The molecule has 2 aromatic carbocycles. The molecule has 2 atom stereocenters.